The number of aliphatic hydroxyl groups excluding tert-OH is 1. The minimum Gasteiger partial charge on any atom is -0.396 e. The number of hydrogen-bond donors (Lipinski definition) is 3. The van der Waals surface area contributed by atoms with Gasteiger partial charge in [0.15, 0.2) is 0 Å². The van der Waals surface area contributed by atoms with Crippen LogP contribution in [0.1, 0.15) is 33.1 Å². The summed E-state index contributed by atoms with van der Waals surface area (Å²) in [5.41, 5.74) is 5.40. The Bertz CT molecular complexity index is 168. The molecule has 2 unspecified atom stereocenters. The number of hydrogen-bond acceptors (Lipinski definition) is 3. The van der Waals surface area contributed by atoms with Crippen molar-refractivity contribution in [3.8, 4) is 0 Å². The van der Waals surface area contributed by atoms with Crippen molar-refractivity contribution in [1.82, 2.24) is 5.32 Å². The minimum absolute atomic E-state index is 0.0107. The number of amides is 1. The standard InChI is InChI=1S/C11H24N2O2/c1-3-4-10(5-6-14)8-13-11(15)9(2)7-12/h9-10,14H,3-8,12H2,1-2H3,(H,13,15). The van der Waals surface area contributed by atoms with E-state index in [1.807, 2.05) is 6.92 Å². The highest BCUT2D eigenvalue weighted by atomic mass is 16.3. The largest absolute Gasteiger partial charge is 0.396 e. The zero-order chi connectivity index (χ0) is 11.7. The first-order valence-electron chi connectivity index (χ1n) is 5.74. The molecule has 0 bridgehead atoms. The van der Waals surface area contributed by atoms with E-state index in [0.29, 0.717) is 19.0 Å². The lowest BCUT2D eigenvalue weighted by Crippen LogP contribution is -2.36. The first kappa shape index (κ1) is 14.4. The second kappa shape index (κ2) is 8.68. The first-order chi connectivity index (χ1) is 7.15. The Hall–Kier alpha value is -0.610. The SMILES string of the molecule is CCCC(CCO)CNC(=O)C(C)CN. The Kier molecular flexibility index (Phi) is 8.33. The molecular formula is C11H24N2O2. The van der Waals surface area contributed by atoms with Crippen LogP contribution < -0.4 is 11.1 Å². The van der Waals surface area contributed by atoms with E-state index in [0.717, 1.165) is 19.3 Å². The minimum atomic E-state index is -0.124. The van der Waals surface area contributed by atoms with Crippen molar-refractivity contribution >= 4 is 5.91 Å². The molecule has 90 valence electrons. The van der Waals surface area contributed by atoms with E-state index in [2.05, 4.69) is 12.2 Å². The quantitative estimate of drug-likeness (QED) is 0.553. The molecule has 0 aliphatic rings. The topological polar surface area (TPSA) is 75.3 Å². The van der Waals surface area contributed by atoms with Crippen LogP contribution in [0, 0.1) is 11.8 Å². The fourth-order valence-corrected chi connectivity index (χ4v) is 1.47. The van der Waals surface area contributed by atoms with Crippen molar-refractivity contribution in [3.05, 3.63) is 0 Å². The molecule has 0 aliphatic carbocycles. The number of nitrogens with one attached hydrogen (secondary N) is 1. The third-order valence-electron chi connectivity index (χ3n) is 2.60. The molecule has 0 rings (SSSR count). The molecular weight excluding hydrogens is 192 g/mol. The molecule has 0 saturated carbocycles. The number of rotatable bonds is 8. The van der Waals surface area contributed by atoms with Crippen molar-refractivity contribution in [3.63, 3.8) is 0 Å². The molecule has 4 N–H and O–H groups in total. The Balaban J connectivity index is 3.82. The summed E-state index contributed by atoms with van der Waals surface area (Å²) in [4.78, 5) is 11.4. The molecule has 0 heterocycles. The van der Waals surface area contributed by atoms with E-state index >= 15 is 0 Å². The highest BCUT2D eigenvalue weighted by molar-refractivity contribution is 5.78. The predicted octanol–water partition coefficient (Wildman–Crippen LogP) is 0.496. The Morgan fingerprint density at radius 1 is 1.47 bits per heavy atom. The molecule has 0 radical (unpaired) electrons. The van der Waals surface area contributed by atoms with E-state index in [1.54, 1.807) is 0 Å². The van der Waals surface area contributed by atoms with Gasteiger partial charge < -0.3 is 16.2 Å². The summed E-state index contributed by atoms with van der Waals surface area (Å²) >= 11 is 0. The number of nitrogens with two attached hydrogens (primary N) is 1. The van der Waals surface area contributed by atoms with Crippen LogP contribution >= 0.6 is 0 Å². The molecule has 15 heavy (non-hydrogen) atoms. The van der Waals surface area contributed by atoms with Crippen LogP contribution in [0.25, 0.3) is 0 Å². The lowest BCUT2D eigenvalue weighted by Gasteiger charge is -2.17. The molecule has 0 saturated heterocycles. The summed E-state index contributed by atoms with van der Waals surface area (Å²) < 4.78 is 0. The van der Waals surface area contributed by atoms with E-state index < -0.39 is 0 Å². The Morgan fingerprint density at radius 2 is 2.13 bits per heavy atom. The summed E-state index contributed by atoms with van der Waals surface area (Å²) in [6.07, 6.45) is 2.87. The third kappa shape index (κ3) is 6.47. The van der Waals surface area contributed by atoms with Crippen molar-refractivity contribution in [2.45, 2.75) is 33.1 Å². The van der Waals surface area contributed by atoms with Crippen LogP contribution in [0.3, 0.4) is 0 Å². The van der Waals surface area contributed by atoms with E-state index in [9.17, 15) is 4.79 Å². The van der Waals surface area contributed by atoms with Crippen LogP contribution in [0.4, 0.5) is 0 Å². The van der Waals surface area contributed by atoms with Crippen LogP contribution in [0.5, 0.6) is 0 Å². The van der Waals surface area contributed by atoms with Gasteiger partial charge in [-0.2, -0.15) is 0 Å². The predicted molar refractivity (Wildman–Crippen MR) is 61.3 cm³/mol. The molecule has 0 aromatic heterocycles. The zero-order valence-corrected chi connectivity index (χ0v) is 9.83. The van der Waals surface area contributed by atoms with E-state index in [-0.39, 0.29) is 18.4 Å². The summed E-state index contributed by atoms with van der Waals surface area (Å²) in [6, 6.07) is 0. The van der Waals surface area contributed by atoms with Crippen molar-refractivity contribution in [1.29, 1.82) is 0 Å². The molecule has 4 nitrogen and oxygen atoms in total. The van der Waals surface area contributed by atoms with Crippen LogP contribution in [0.15, 0.2) is 0 Å². The van der Waals surface area contributed by atoms with Crippen molar-refractivity contribution in [2.24, 2.45) is 17.6 Å². The highest BCUT2D eigenvalue weighted by Crippen LogP contribution is 2.09. The van der Waals surface area contributed by atoms with Gasteiger partial charge in [-0.15, -0.1) is 0 Å². The first-order valence-corrected chi connectivity index (χ1v) is 5.74. The maximum Gasteiger partial charge on any atom is 0.224 e. The van der Waals surface area contributed by atoms with E-state index in [4.69, 9.17) is 10.8 Å². The summed E-state index contributed by atoms with van der Waals surface area (Å²) in [7, 11) is 0. The Labute approximate surface area is 92.2 Å². The third-order valence-corrected chi connectivity index (χ3v) is 2.60. The van der Waals surface area contributed by atoms with Crippen molar-refractivity contribution in [2.75, 3.05) is 19.7 Å². The van der Waals surface area contributed by atoms with Crippen LogP contribution in [-0.2, 0) is 4.79 Å². The molecule has 2 atom stereocenters. The summed E-state index contributed by atoms with van der Waals surface area (Å²) in [5, 5.41) is 11.7. The molecule has 4 heteroatoms. The maximum absolute atomic E-state index is 11.4. The average Bonchev–Trinajstić information content (AvgIpc) is 2.25. The monoisotopic (exact) mass is 216 g/mol. The normalized spacial score (nSPS) is 14.7. The molecule has 0 aliphatic heterocycles. The van der Waals surface area contributed by atoms with Crippen LogP contribution in [0.2, 0.25) is 0 Å². The zero-order valence-electron chi connectivity index (χ0n) is 9.83. The fourth-order valence-electron chi connectivity index (χ4n) is 1.47. The summed E-state index contributed by atoms with van der Waals surface area (Å²) in [6.45, 7) is 5.14. The average molecular weight is 216 g/mol. The van der Waals surface area contributed by atoms with Gasteiger partial charge in [0.2, 0.25) is 5.91 Å². The second-order valence-corrected chi connectivity index (χ2v) is 4.05. The molecule has 0 aromatic rings. The van der Waals surface area contributed by atoms with Gasteiger partial charge >= 0.3 is 0 Å². The van der Waals surface area contributed by atoms with Gasteiger partial charge in [0.1, 0.15) is 0 Å². The van der Waals surface area contributed by atoms with Gasteiger partial charge in [-0.3, -0.25) is 4.79 Å². The van der Waals surface area contributed by atoms with Gasteiger partial charge in [-0.25, -0.2) is 0 Å². The Morgan fingerprint density at radius 3 is 2.60 bits per heavy atom. The molecule has 0 aromatic carbocycles. The highest BCUT2D eigenvalue weighted by Gasteiger charge is 2.13. The fraction of sp³-hybridized carbons (Fsp3) is 0.909. The van der Waals surface area contributed by atoms with Gasteiger partial charge in [0, 0.05) is 25.6 Å². The van der Waals surface area contributed by atoms with E-state index in [1.165, 1.54) is 0 Å². The lowest BCUT2D eigenvalue weighted by molar-refractivity contribution is -0.124. The van der Waals surface area contributed by atoms with Crippen LogP contribution in [-0.4, -0.2) is 30.7 Å². The molecule has 1 amide bonds. The van der Waals surface area contributed by atoms with Gasteiger partial charge in [-0.05, 0) is 18.8 Å². The number of aliphatic hydroxyl groups is 1. The summed E-state index contributed by atoms with van der Waals surface area (Å²) in [5.74, 6) is 0.270. The van der Waals surface area contributed by atoms with Gasteiger partial charge in [0.25, 0.3) is 0 Å². The molecule has 0 spiro atoms. The molecule has 0 fully saturated rings. The second-order valence-electron chi connectivity index (χ2n) is 4.05. The van der Waals surface area contributed by atoms with Gasteiger partial charge in [0.05, 0.1) is 0 Å². The number of carbonyl (C=O) groups excluding carboxylic acids is 1. The maximum atomic E-state index is 11.4. The smallest absolute Gasteiger partial charge is 0.224 e. The van der Waals surface area contributed by atoms with Gasteiger partial charge in [-0.1, -0.05) is 20.3 Å². The lowest BCUT2D eigenvalue weighted by atomic mass is 10.00. The van der Waals surface area contributed by atoms with Crippen molar-refractivity contribution < 1.29 is 9.90 Å². The number of carbonyl (C=O) groups is 1.